The second-order valence-corrected chi connectivity index (χ2v) is 8.72. The molecular formula is C25H38N4O2. The van der Waals surface area contributed by atoms with Gasteiger partial charge < -0.3 is 19.7 Å². The van der Waals surface area contributed by atoms with Crippen LogP contribution in [0, 0.1) is 6.92 Å². The Labute approximate surface area is 187 Å². The fourth-order valence-electron chi connectivity index (χ4n) is 4.19. The summed E-state index contributed by atoms with van der Waals surface area (Å²) >= 11 is 0. The molecule has 1 N–H and O–H groups in total. The number of morpholine rings is 1. The zero-order valence-corrected chi connectivity index (χ0v) is 19.8. The van der Waals surface area contributed by atoms with Crippen LogP contribution in [0.25, 0.3) is 0 Å². The second kappa shape index (κ2) is 10.8. The van der Waals surface area contributed by atoms with E-state index in [4.69, 9.17) is 9.47 Å². The standard InChI is InChI=1S/C25H38N4O2/c1-18(2)20(4)17-26-21(5)27-23-15-19(3)24(16-25(23)30-6)29-9-7-22(8-10-29)28-11-13-31-14-12-28/h15-17,22,27H,5,7-14H2,1-4,6H3/b26-17-. The Morgan fingerprint density at radius 3 is 2.45 bits per heavy atom. The summed E-state index contributed by atoms with van der Waals surface area (Å²) in [6.07, 6.45) is 4.23. The number of aryl methyl sites for hydroxylation is 1. The molecule has 0 bridgehead atoms. The number of benzene rings is 1. The Morgan fingerprint density at radius 2 is 1.84 bits per heavy atom. The summed E-state index contributed by atoms with van der Waals surface area (Å²) in [6, 6.07) is 4.95. The molecule has 170 valence electrons. The molecule has 1 aromatic carbocycles. The van der Waals surface area contributed by atoms with Crippen molar-refractivity contribution in [3.63, 3.8) is 0 Å². The Kier molecular flexibility index (Phi) is 8.15. The van der Waals surface area contributed by atoms with Crippen molar-refractivity contribution in [2.75, 3.05) is 56.7 Å². The molecule has 2 aliphatic rings. The van der Waals surface area contributed by atoms with Crippen LogP contribution < -0.4 is 15.0 Å². The highest BCUT2D eigenvalue weighted by molar-refractivity contribution is 5.80. The Balaban J connectivity index is 1.67. The van der Waals surface area contributed by atoms with Gasteiger partial charge in [0.15, 0.2) is 0 Å². The van der Waals surface area contributed by atoms with Crippen molar-refractivity contribution in [1.82, 2.24) is 4.90 Å². The molecule has 0 amide bonds. The smallest absolute Gasteiger partial charge is 0.144 e. The molecule has 6 heteroatoms. The minimum absolute atomic E-state index is 0.595. The van der Waals surface area contributed by atoms with E-state index in [1.54, 1.807) is 7.11 Å². The van der Waals surface area contributed by atoms with Crippen LogP contribution in [-0.2, 0) is 4.74 Å². The summed E-state index contributed by atoms with van der Waals surface area (Å²) in [4.78, 5) is 9.53. The average Bonchev–Trinajstić information content (AvgIpc) is 2.78. The van der Waals surface area contributed by atoms with Gasteiger partial charge >= 0.3 is 0 Å². The normalized spacial score (nSPS) is 18.3. The van der Waals surface area contributed by atoms with E-state index in [1.807, 2.05) is 13.1 Å². The number of ether oxygens (including phenoxy) is 2. The van der Waals surface area contributed by atoms with Crippen molar-refractivity contribution in [2.24, 2.45) is 4.99 Å². The Hall–Kier alpha value is -2.31. The molecule has 0 unspecified atom stereocenters. The highest BCUT2D eigenvalue weighted by atomic mass is 16.5. The third kappa shape index (κ3) is 6.11. The van der Waals surface area contributed by atoms with Crippen LogP contribution in [0.15, 0.2) is 40.7 Å². The lowest BCUT2D eigenvalue weighted by atomic mass is 10.0. The number of allylic oxidation sites excluding steroid dienone is 2. The second-order valence-electron chi connectivity index (χ2n) is 8.72. The predicted octanol–water partition coefficient (Wildman–Crippen LogP) is 4.61. The molecule has 2 fully saturated rings. The third-order valence-corrected chi connectivity index (χ3v) is 6.37. The van der Waals surface area contributed by atoms with E-state index < -0.39 is 0 Å². The summed E-state index contributed by atoms with van der Waals surface area (Å²) in [6.45, 7) is 18.4. The molecule has 2 heterocycles. The van der Waals surface area contributed by atoms with E-state index in [9.17, 15) is 0 Å². The SMILES string of the molecule is C=C(/N=C\C(C)=C(C)C)Nc1cc(C)c(N2CCC(N3CCOCC3)CC2)cc1OC. The van der Waals surface area contributed by atoms with Gasteiger partial charge in [0.1, 0.15) is 11.6 Å². The Morgan fingerprint density at radius 1 is 1.16 bits per heavy atom. The molecule has 2 saturated heterocycles. The van der Waals surface area contributed by atoms with Gasteiger partial charge in [-0.05, 0) is 57.7 Å². The van der Waals surface area contributed by atoms with Gasteiger partial charge in [0.25, 0.3) is 0 Å². The minimum atomic E-state index is 0.595. The topological polar surface area (TPSA) is 49.3 Å². The van der Waals surface area contributed by atoms with E-state index in [2.05, 4.69) is 59.6 Å². The number of hydrogen-bond donors (Lipinski definition) is 1. The first-order chi connectivity index (χ1) is 14.9. The summed E-state index contributed by atoms with van der Waals surface area (Å²) < 4.78 is 11.2. The molecule has 0 saturated carbocycles. The summed E-state index contributed by atoms with van der Waals surface area (Å²) in [7, 11) is 1.71. The van der Waals surface area contributed by atoms with Crippen LogP contribution in [-0.4, -0.2) is 63.7 Å². The van der Waals surface area contributed by atoms with E-state index >= 15 is 0 Å². The van der Waals surface area contributed by atoms with E-state index in [0.717, 1.165) is 56.4 Å². The van der Waals surface area contributed by atoms with Gasteiger partial charge in [-0.2, -0.15) is 0 Å². The van der Waals surface area contributed by atoms with E-state index in [-0.39, 0.29) is 0 Å². The van der Waals surface area contributed by atoms with Gasteiger partial charge in [0, 0.05) is 50.2 Å². The predicted molar refractivity (Wildman–Crippen MR) is 131 cm³/mol. The number of aliphatic imine (C=N–C) groups is 1. The lowest BCUT2D eigenvalue weighted by Gasteiger charge is -2.41. The summed E-state index contributed by atoms with van der Waals surface area (Å²) in [5, 5.41) is 3.30. The number of rotatable bonds is 7. The maximum atomic E-state index is 5.70. The molecule has 0 aromatic heterocycles. The van der Waals surface area contributed by atoms with Crippen molar-refractivity contribution in [1.29, 1.82) is 0 Å². The number of anilines is 2. The fourth-order valence-corrected chi connectivity index (χ4v) is 4.19. The first kappa shape index (κ1) is 23.4. The van der Waals surface area contributed by atoms with Crippen molar-refractivity contribution in [3.8, 4) is 5.75 Å². The molecular weight excluding hydrogens is 388 g/mol. The zero-order valence-electron chi connectivity index (χ0n) is 19.8. The average molecular weight is 427 g/mol. The van der Waals surface area contributed by atoms with Crippen LogP contribution in [0.5, 0.6) is 5.75 Å². The molecule has 0 spiro atoms. The summed E-state index contributed by atoms with van der Waals surface area (Å²) in [5.41, 5.74) is 5.75. The van der Waals surface area contributed by atoms with Gasteiger partial charge in [0.05, 0.1) is 26.0 Å². The third-order valence-electron chi connectivity index (χ3n) is 6.37. The monoisotopic (exact) mass is 426 g/mol. The fraction of sp³-hybridized carbons (Fsp3) is 0.560. The van der Waals surface area contributed by atoms with Crippen LogP contribution in [0.3, 0.4) is 0 Å². The van der Waals surface area contributed by atoms with E-state index in [0.29, 0.717) is 11.9 Å². The Bertz CT molecular complexity index is 828. The lowest BCUT2D eigenvalue weighted by molar-refractivity contribution is 0.0115. The lowest BCUT2D eigenvalue weighted by Crippen LogP contribution is -2.49. The van der Waals surface area contributed by atoms with Crippen molar-refractivity contribution < 1.29 is 9.47 Å². The van der Waals surface area contributed by atoms with E-state index in [1.165, 1.54) is 29.7 Å². The molecule has 6 nitrogen and oxygen atoms in total. The number of piperidine rings is 1. The van der Waals surface area contributed by atoms with Crippen LogP contribution >= 0.6 is 0 Å². The number of hydrogen-bond acceptors (Lipinski definition) is 6. The molecule has 0 atom stereocenters. The number of nitrogens with one attached hydrogen (secondary N) is 1. The largest absolute Gasteiger partial charge is 0.494 e. The highest BCUT2D eigenvalue weighted by Gasteiger charge is 2.27. The molecule has 31 heavy (non-hydrogen) atoms. The van der Waals surface area contributed by atoms with Crippen molar-refractivity contribution >= 4 is 17.6 Å². The molecule has 3 rings (SSSR count). The number of nitrogens with zero attached hydrogens (tertiary/aromatic N) is 3. The van der Waals surface area contributed by atoms with Gasteiger partial charge in [-0.15, -0.1) is 0 Å². The van der Waals surface area contributed by atoms with Crippen molar-refractivity contribution in [3.05, 3.63) is 41.2 Å². The quantitative estimate of drug-likeness (QED) is 0.645. The van der Waals surface area contributed by atoms with Gasteiger partial charge in [0.2, 0.25) is 0 Å². The number of methoxy groups -OCH3 is 1. The van der Waals surface area contributed by atoms with Gasteiger partial charge in [-0.1, -0.05) is 12.2 Å². The molecule has 1 aromatic rings. The van der Waals surface area contributed by atoms with Crippen molar-refractivity contribution in [2.45, 2.75) is 46.6 Å². The maximum Gasteiger partial charge on any atom is 0.144 e. The first-order valence-corrected chi connectivity index (χ1v) is 11.3. The molecule has 2 aliphatic heterocycles. The highest BCUT2D eigenvalue weighted by Crippen LogP contribution is 2.35. The minimum Gasteiger partial charge on any atom is -0.494 e. The molecule has 0 radical (unpaired) electrons. The van der Waals surface area contributed by atoms with Crippen LogP contribution in [0.4, 0.5) is 11.4 Å². The maximum absolute atomic E-state index is 5.70. The first-order valence-electron chi connectivity index (χ1n) is 11.3. The van der Waals surface area contributed by atoms with Gasteiger partial charge in [-0.3, -0.25) is 4.90 Å². The van der Waals surface area contributed by atoms with Crippen LogP contribution in [0.2, 0.25) is 0 Å². The van der Waals surface area contributed by atoms with Crippen LogP contribution in [0.1, 0.15) is 39.2 Å². The summed E-state index contributed by atoms with van der Waals surface area (Å²) in [5.74, 6) is 1.41. The van der Waals surface area contributed by atoms with Gasteiger partial charge in [-0.25, -0.2) is 4.99 Å². The molecule has 0 aliphatic carbocycles. The zero-order chi connectivity index (χ0) is 22.4.